The van der Waals surface area contributed by atoms with E-state index in [1.807, 2.05) is 6.92 Å². The van der Waals surface area contributed by atoms with Crippen LogP contribution in [0, 0.1) is 18.7 Å². The van der Waals surface area contributed by atoms with Gasteiger partial charge in [-0.2, -0.15) is 0 Å². The largest absolute Gasteiger partial charge is 0.458 e. The molecule has 1 unspecified atom stereocenters. The zero-order chi connectivity index (χ0) is 12.7. The van der Waals surface area contributed by atoms with Crippen LogP contribution < -0.4 is 0 Å². The van der Waals surface area contributed by atoms with Gasteiger partial charge in [-0.05, 0) is 43.9 Å². The number of aryl methyl sites for hydroxylation is 1. The number of halogens is 1. The van der Waals surface area contributed by atoms with Gasteiger partial charge in [0.2, 0.25) is 0 Å². The minimum atomic E-state index is -0.553. The van der Waals surface area contributed by atoms with Crippen LogP contribution in [-0.4, -0.2) is 5.11 Å². The number of benzene rings is 1. The Hall–Kier alpha value is -1.35. The first-order valence-electron chi connectivity index (χ1n) is 6.53. The predicted octanol–water partition coefficient (Wildman–Crippen LogP) is 4.10. The number of fused-ring (bicyclic) bond motifs is 1. The Morgan fingerprint density at radius 1 is 1.33 bits per heavy atom. The third-order valence-corrected chi connectivity index (χ3v) is 4.05. The van der Waals surface area contributed by atoms with Crippen molar-refractivity contribution in [2.45, 2.75) is 38.7 Å². The molecule has 3 heteroatoms. The quantitative estimate of drug-likeness (QED) is 0.867. The van der Waals surface area contributed by atoms with Crippen LogP contribution in [0.15, 0.2) is 22.6 Å². The van der Waals surface area contributed by atoms with Crippen molar-refractivity contribution in [3.05, 3.63) is 35.3 Å². The number of hydrogen-bond donors (Lipinski definition) is 1. The van der Waals surface area contributed by atoms with E-state index in [0.29, 0.717) is 11.3 Å². The maximum Gasteiger partial charge on any atom is 0.136 e. The summed E-state index contributed by atoms with van der Waals surface area (Å²) in [6.07, 6.45) is 3.89. The van der Waals surface area contributed by atoms with Crippen molar-refractivity contribution in [1.29, 1.82) is 0 Å². The molecule has 2 aromatic rings. The Balaban J connectivity index is 2.03. The number of hydrogen-bond acceptors (Lipinski definition) is 2. The van der Waals surface area contributed by atoms with Gasteiger partial charge in [0, 0.05) is 10.9 Å². The van der Waals surface area contributed by atoms with Crippen molar-refractivity contribution in [3.8, 4) is 0 Å². The molecule has 1 aliphatic rings. The molecule has 18 heavy (non-hydrogen) atoms. The lowest BCUT2D eigenvalue weighted by Gasteiger charge is -2.15. The van der Waals surface area contributed by atoms with Gasteiger partial charge in [-0.1, -0.05) is 12.8 Å². The van der Waals surface area contributed by atoms with Crippen LogP contribution in [0.1, 0.15) is 43.1 Å². The Labute approximate surface area is 105 Å². The molecule has 0 aliphatic heterocycles. The van der Waals surface area contributed by atoms with Gasteiger partial charge in [0.25, 0.3) is 0 Å². The first kappa shape index (κ1) is 11.7. The molecule has 0 bridgehead atoms. The average molecular weight is 248 g/mol. The molecule has 0 saturated heterocycles. The van der Waals surface area contributed by atoms with Crippen LogP contribution in [0.3, 0.4) is 0 Å². The van der Waals surface area contributed by atoms with E-state index in [0.717, 1.165) is 23.8 Å². The van der Waals surface area contributed by atoms with Gasteiger partial charge in [0.1, 0.15) is 23.3 Å². The molecule has 0 amide bonds. The van der Waals surface area contributed by atoms with Crippen LogP contribution in [0.2, 0.25) is 0 Å². The lowest BCUT2D eigenvalue weighted by molar-refractivity contribution is 0.0897. The SMILES string of the molecule is Cc1c(C(O)C2CCCC2)oc2ccc(F)cc12. The summed E-state index contributed by atoms with van der Waals surface area (Å²) in [5.41, 5.74) is 1.52. The maximum atomic E-state index is 13.2. The molecule has 1 fully saturated rings. The van der Waals surface area contributed by atoms with Crippen LogP contribution >= 0.6 is 0 Å². The molecular weight excluding hydrogens is 231 g/mol. The smallest absolute Gasteiger partial charge is 0.136 e. The summed E-state index contributed by atoms with van der Waals surface area (Å²) in [6.45, 7) is 1.89. The normalized spacial score (nSPS) is 18.6. The van der Waals surface area contributed by atoms with Crippen molar-refractivity contribution in [3.63, 3.8) is 0 Å². The highest BCUT2D eigenvalue weighted by atomic mass is 19.1. The number of aliphatic hydroxyl groups excluding tert-OH is 1. The van der Waals surface area contributed by atoms with Gasteiger partial charge in [0.05, 0.1) is 0 Å². The fourth-order valence-electron chi connectivity index (χ4n) is 2.98. The second kappa shape index (κ2) is 4.39. The molecule has 1 aromatic heterocycles. The van der Waals surface area contributed by atoms with Crippen molar-refractivity contribution in [2.24, 2.45) is 5.92 Å². The van der Waals surface area contributed by atoms with E-state index in [1.165, 1.54) is 25.0 Å². The minimum Gasteiger partial charge on any atom is -0.458 e. The summed E-state index contributed by atoms with van der Waals surface area (Å²) >= 11 is 0. The van der Waals surface area contributed by atoms with Crippen LogP contribution in [0.4, 0.5) is 4.39 Å². The van der Waals surface area contributed by atoms with E-state index in [4.69, 9.17) is 4.42 Å². The minimum absolute atomic E-state index is 0.270. The zero-order valence-corrected chi connectivity index (χ0v) is 10.4. The number of aliphatic hydroxyl groups is 1. The monoisotopic (exact) mass is 248 g/mol. The lowest BCUT2D eigenvalue weighted by atomic mass is 9.96. The zero-order valence-electron chi connectivity index (χ0n) is 10.4. The molecule has 96 valence electrons. The molecule has 1 heterocycles. The van der Waals surface area contributed by atoms with Crippen molar-refractivity contribution in [2.75, 3.05) is 0 Å². The van der Waals surface area contributed by atoms with Crippen LogP contribution in [0.5, 0.6) is 0 Å². The highest BCUT2D eigenvalue weighted by Gasteiger charge is 2.28. The summed E-state index contributed by atoms with van der Waals surface area (Å²) in [4.78, 5) is 0. The van der Waals surface area contributed by atoms with Gasteiger partial charge in [-0.3, -0.25) is 0 Å². The van der Waals surface area contributed by atoms with E-state index >= 15 is 0 Å². The highest BCUT2D eigenvalue weighted by Crippen LogP contribution is 2.39. The molecule has 2 nitrogen and oxygen atoms in total. The molecule has 0 spiro atoms. The number of furan rings is 1. The van der Waals surface area contributed by atoms with Crippen molar-refractivity contribution in [1.82, 2.24) is 0 Å². The summed E-state index contributed by atoms with van der Waals surface area (Å²) in [7, 11) is 0. The van der Waals surface area contributed by atoms with E-state index in [-0.39, 0.29) is 11.7 Å². The lowest BCUT2D eigenvalue weighted by Crippen LogP contribution is -2.08. The third kappa shape index (κ3) is 1.83. The van der Waals surface area contributed by atoms with Gasteiger partial charge in [0.15, 0.2) is 0 Å². The molecule has 1 saturated carbocycles. The second-order valence-electron chi connectivity index (χ2n) is 5.22. The van der Waals surface area contributed by atoms with Crippen molar-refractivity contribution < 1.29 is 13.9 Å². The summed E-state index contributed by atoms with van der Waals surface area (Å²) in [5.74, 6) is 0.630. The molecule has 1 atom stereocenters. The summed E-state index contributed by atoms with van der Waals surface area (Å²) < 4.78 is 18.9. The first-order valence-corrected chi connectivity index (χ1v) is 6.53. The summed E-state index contributed by atoms with van der Waals surface area (Å²) in [5, 5.41) is 11.1. The van der Waals surface area contributed by atoms with E-state index in [1.54, 1.807) is 6.07 Å². The second-order valence-corrected chi connectivity index (χ2v) is 5.22. The Bertz CT molecular complexity index is 567. The van der Waals surface area contributed by atoms with Gasteiger partial charge in [-0.25, -0.2) is 4.39 Å². The molecule has 1 aliphatic carbocycles. The third-order valence-electron chi connectivity index (χ3n) is 4.05. The van der Waals surface area contributed by atoms with Gasteiger partial charge >= 0.3 is 0 Å². The molecular formula is C15H17FO2. The van der Waals surface area contributed by atoms with Crippen molar-refractivity contribution >= 4 is 11.0 Å². The summed E-state index contributed by atoms with van der Waals surface area (Å²) in [6, 6.07) is 4.48. The molecule has 3 rings (SSSR count). The molecule has 1 N–H and O–H groups in total. The Morgan fingerprint density at radius 2 is 2.06 bits per heavy atom. The molecule has 0 radical (unpaired) electrons. The van der Waals surface area contributed by atoms with Gasteiger partial charge < -0.3 is 9.52 Å². The average Bonchev–Trinajstić information content (AvgIpc) is 2.98. The fourth-order valence-corrected chi connectivity index (χ4v) is 2.98. The Morgan fingerprint density at radius 3 is 2.78 bits per heavy atom. The Kier molecular flexibility index (Phi) is 2.86. The van der Waals surface area contributed by atoms with E-state index < -0.39 is 6.10 Å². The van der Waals surface area contributed by atoms with Gasteiger partial charge in [-0.15, -0.1) is 0 Å². The predicted molar refractivity (Wildman–Crippen MR) is 67.8 cm³/mol. The van der Waals surface area contributed by atoms with E-state index in [2.05, 4.69) is 0 Å². The standard InChI is InChI=1S/C15H17FO2/c1-9-12-8-11(16)6-7-13(12)18-15(9)14(17)10-4-2-3-5-10/h6-8,10,14,17H,2-5H2,1H3. The topological polar surface area (TPSA) is 33.4 Å². The number of rotatable bonds is 2. The first-order chi connectivity index (χ1) is 8.66. The van der Waals surface area contributed by atoms with E-state index in [9.17, 15) is 9.50 Å². The highest BCUT2D eigenvalue weighted by molar-refractivity contribution is 5.82. The maximum absolute atomic E-state index is 13.2. The molecule has 1 aromatic carbocycles. The van der Waals surface area contributed by atoms with Crippen LogP contribution in [-0.2, 0) is 0 Å². The van der Waals surface area contributed by atoms with Crippen LogP contribution in [0.25, 0.3) is 11.0 Å². The fraction of sp³-hybridized carbons (Fsp3) is 0.467.